The highest BCUT2D eigenvalue weighted by atomic mass is 19.1. The molecule has 6 nitrogen and oxygen atoms in total. The van der Waals surface area contributed by atoms with E-state index in [-0.39, 0.29) is 11.7 Å². The molecule has 1 fully saturated rings. The van der Waals surface area contributed by atoms with E-state index < -0.39 is 0 Å². The molecule has 0 spiro atoms. The Morgan fingerprint density at radius 3 is 2.25 bits per heavy atom. The average molecular weight is 438 g/mol. The first kappa shape index (κ1) is 22.1. The molecule has 4 rings (SSSR count). The fraction of sp³-hybridized carbons (Fsp3) is 0.440. The number of nitrogens with zero attached hydrogens (tertiary/aromatic N) is 4. The lowest BCUT2D eigenvalue weighted by molar-refractivity contribution is -0.131. The van der Waals surface area contributed by atoms with Gasteiger partial charge < -0.3 is 20.0 Å². The van der Waals surface area contributed by atoms with Crippen LogP contribution in [0.25, 0.3) is 0 Å². The number of carbonyl (C=O) groups excluding carboxylic acids is 1. The molecule has 170 valence electrons. The van der Waals surface area contributed by atoms with Crippen LogP contribution < -0.4 is 10.2 Å². The average Bonchev–Trinajstić information content (AvgIpc) is 3.26. The SMILES string of the molecule is CCNC(=NCCCC(=O)N1Cc2ccccc2C1)N1CCN(c2ccc(F)cc2)CC1. The second-order valence-corrected chi connectivity index (χ2v) is 8.31. The standard InChI is InChI=1S/C25H32FN5O/c1-2-27-25(30-16-14-29(15-17-30)23-11-9-22(26)10-12-23)28-13-5-8-24(32)31-18-20-6-3-4-7-21(20)19-31/h3-4,6-7,9-12H,2,5,8,13-19H2,1H3,(H,27,28). The molecule has 0 saturated carbocycles. The number of guanidine groups is 1. The molecule has 2 aliphatic heterocycles. The monoisotopic (exact) mass is 437 g/mol. The molecule has 1 amide bonds. The topological polar surface area (TPSA) is 51.2 Å². The maximum atomic E-state index is 13.2. The largest absolute Gasteiger partial charge is 0.368 e. The number of piperazine rings is 1. The molecule has 0 bridgehead atoms. The summed E-state index contributed by atoms with van der Waals surface area (Å²) < 4.78 is 13.2. The van der Waals surface area contributed by atoms with Gasteiger partial charge >= 0.3 is 0 Å². The van der Waals surface area contributed by atoms with Crippen LogP contribution in [0.4, 0.5) is 10.1 Å². The number of fused-ring (bicyclic) bond motifs is 1. The Hall–Kier alpha value is -3.09. The van der Waals surface area contributed by atoms with Crippen molar-refractivity contribution in [2.24, 2.45) is 4.99 Å². The van der Waals surface area contributed by atoms with Crippen LogP contribution in [-0.4, -0.2) is 60.9 Å². The minimum Gasteiger partial charge on any atom is -0.368 e. The first-order valence-electron chi connectivity index (χ1n) is 11.5. The van der Waals surface area contributed by atoms with Gasteiger partial charge in [0.25, 0.3) is 0 Å². The number of carbonyl (C=O) groups is 1. The lowest BCUT2D eigenvalue weighted by Gasteiger charge is -2.37. The van der Waals surface area contributed by atoms with Crippen molar-refractivity contribution in [1.82, 2.24) is 15.1 Å². The predicted octanol–water partition coefficient (Wildman–Crippen LogP) is 3.24. The van der Waals surface area contributed by atoms with Gasteiger partial charge in [-0.1, -0.05) is 24.3 Å². The van der Waals surface area contributed by atoms with Gasteiger partial charge in [-0.3, -0.25) is 9.79 Å². The van der Waals surface area contributed by atoms with Crippen molar-refractivity contribution in [1.29, 1.82) is 0 Å². The van der Waals surface area contributed by atoms with Gasteiger partial charge in [0.2, 0.25) is 5.91 Å². The van der Waals surface area contributed by atoms with Crippen LogP contribution >= 0.6 is 0 Å². The van der Waals surface area contributed by atoms with Crippen molar-refractivity contribution >= 4 is 17.6 Å². The summed E-state index contributed by atoms with van der Waals surface area (Å²) in [5.41, 5.74) is 3.57. The number of halogens is 1. The third kappa shape index (κ3) is 5.39. The number of benzene rings is 2. The molecule has 2 aromatic rings. The van der Waals surface area contributed by atoms with Gasteiger partial charge in [0.1, 0.15) is 5.82 Å². The summed E-state index contributed by atoms with van der Waals surface area (Å²) in [6, 6.07) is 15.0. The Labute approximate surface area is 189 Å². The van der Waals surface area contributed by atoms with Crippen molar-refractivity contribution in [2.75, 3.05) is 44.2 Å². The summed E-state index contributed by atoms with van der Waals surface area (Å²) in [5.74, 6) is 0.906. The van der Waals surface area contributed by atoms with E-state index in [2.05, 4.69) is 34.2 Å². The van der Waals surface area contributed by atoms with Crippen LogP contribution in [0.2, 0.25) is 0 Å². The number of rotatable bonds is 6. The van der Waals surface area contributed by atoms with E-state index in [1.165, 1.54) is 23.3 Å². The van der Waals surface area contributed by atoms with Gasteiger partial charge in [-0.05, 0) is 48.7 Å². The maximum Gasteiger partial charge on any atom is 0.223 e. The molecule has 1 saturated heterocycles. The van der Waals surface area contributed by atoms with E-state index in [0.29, 0.717) is 13.0 Å². The van der Waals surface area contributed by atoms with Crippen molar-refractivity contribution < 1.29 is 9.18 Å². The zero-order chi connectivity index (χ0) is 22.3. The number of aliphatic imine (C=N–C) groups is 1. The Morgan fingerprint density at radius 2 is 1.62 bits per heavy atom. The molecular formula is C25H32FN5O. The molecule has 2 heterocycles. The van der Waals surface area contributed by atoms with Gasteiger partial charge in [0, 0.05) is 64.5 Å². The zero-order valence-corrected chi connectivity index (χ0v) is 18.8. The van der Waals surface area contributed by atoms with E-state index in [0.717, 1.165) is 63.9 Å². The summed E-state index contributed by atoms with van der Waals surface area (Å²) in [4.78, 5) is 23.9. The molecule has 0 aromatic heterocycles. The minimum absolute atomic E-state index is 0.203. The van der Waals surface area contributed by atoms with Crippen LogP contribution in [0.15, 0.2) is 53.5 Å². The van der Waals surface area contributed by atoms with Crippen molar-refractivity contribution in [3.8, 4) is 0 Å². The highest BCUT2D eigenvalue weighted by Gasteiger charge is 2.23. The highest BCUT2D eigenvalue weighted by molar-refractivity contribution is 5.80. The third-order valence-electron chi connectivity index (χ3n) is 6.11. The summed E-state index contributed by atoms with van der Waals surface area (Å²) in [6.45, 7) is 8.39. The van der Waals surface area contributed by atoms with Crippen LogP contribution in [-0.2, 0) is 17.9 Å². The fourth-order valence-electron chi connectivity index (χ4n) is 4.34. The summed E-state index contributed by atoms with van der Waals surface area (Å²) in [7, 11) is 0. The summed E-state index contributed by atoms with van der Waals surface area (Å²) >= 11 is 0. The molecule has 1 N–H and O–H groups in total. The van der Waals surface area contributed by atoms with Crippen molar-refractivity contribution in [2.45, 2.75) is 32.9 Å². The van der Waals surface area contributed by atoms with Gasteiger partial charge in [-0.25, -0.2) is 4.39 Å². The molecule has 0 radical (unpaired) electrons. The van der Waals surface area contributed by atoms with Crippen LogP contribution in [0.3, 0.4) is 0 Å². The fourth-order valence-corrected chi connectivity index (χ4v) is 4.34. The molecule has 2 aromatic carbocycles. The van der Waals surface area contributed by atoms with E-state index in [1.807, 2.05) is 29.2 Å². The summed E-state index contributed by atoms with van der Waals surface area (Å²) in [5, 5.41) is 3.38. The van der Waals surface area contributed by atoms with E-state index in [9.17, 15) is 9.18 Å². The van der Waals surface area contributed by atoms with Gasteiger partial charge in [-0.2, -0.15) is 0 Å². The van der Waals surface area contributed by atoms with Crippen molar-refractivity contribution in [3.63, 3.8) is 0 Å². The molecule has 2 aliphatic rings. The number of hydrogen-bond donors (Lipinski definition) is 1. The van der Waals surface area contributed by atoms with Crippen molar-refractivity contribution in [3.05, 3.63) is 65.5 Å². The first-order valence-corrected chi connectivity index (χ1v) is 11.5. The van der Waals surface area contributed by atoms with E-state index >= 15 is 0 Å². The molecule has 0 unspecified atom stereocenters. The molecule has 32 heavy (non-hydrogen) atoms. The smallest absolute Gasteiger partial charge is 0.223 e. The highest BCUT2D eigenvalue weighted by Crippen LogP contribution is 2.23. The van der Waals surface area contributed by atoms with E-state index in [4.69, 9.17) is 4.99 Å². The Morgan fingerprint density at radius 1 is 0.969 bits per heavy atom. The molecule has 0 atom stereocenters. The molecular weight excluding hydrogens is 405 g/mol. The predicted molar refractivity (Wildman–Crippen MR) is 126 cm³/mol. The molecule has 7 heteroatoms. The second kappa shape index (κ2) is 10.5. The number of amides is 1. The van der Waals surface area contributed by atoms with Crippen LogP contribution in [0, 0.1) is 5.82 Å². The van der Waals surface area contributed by atoms with Crippen LogP contribution in [0.5, 0.6) is 0 Å². The zero-order valence-electron chi connectivity index (χ0n) is 18.8. The maximum absolute atomic E-state index is 13.2. The van der Waals surface area contributed by atoms with Crippen LogP contribution in [0.1, 0.15) is 30.9 Å². The summed E-state index contributed by atoms with van der Waals surface area (Å²) in [6.07, 6.45) is 1.27. The molecule has 0 aliphatic carbocycles. The Bertz CT molecular complexity index is 913. The lowest BCUT2D eigenvalue weighted by atomic mass is 10.1. The van der Waals surface area contributed by atoms with Gasteiger partial charge in [-0.15, -0.1) is 0 Å². The lowest BCUT2D eigenvalue weighted by Crippen LogP contribution is -2.52. The third-order valence-corrected chi connectivity index (χ3v) is 6.11. The first-order chi connectivity index (χ1) is 15.6. The minimum atomic E-state index is -0.207. The normalized spacial score (nSPS) is 16.3. The van der Waals surface area contributed by atoms with Gasteiger partial charge in [0.05, 0.1) is 0 Å². The quantitative estimate of drug-likeness (QED) is 0.428. The van der Waals surface area contributed by atoms with Gasteiger partial charge in [0.15, 0.2) is 5.96 Å². The number of nitrogens with one attached hydrogen (secondary N) is 1. The second-order valence-electron chi connectivity index (χ2n) is 8.31. The van der Waals surface area contributed by atoms with E-state index in [1.54, 1.807) is 0 Å². The number of anilines is 1. The number of hydrogen-bond acceptors (Lipinski definition) is 3. The Balaban J connectivity index is 1.24. The Kier molecular flexibility index (Phi) is 7.24.